The molecule has 3 aliphatic carbocycles. The number of fused-ring (bicyclic) bond motifs is 1. The monoisotopic (exact) mass is 618 g/mol. The highest BCUT2D eigenvalue weighted by Gasteiger charge is 2.46. The summed E-state index contributed by atoms with van der Waals surface area (Å²) in [6, 6.07) is 17.0. The SMILES string of the molecule is CCN(C)C(=O)c1cc(OC2CCC2)c2cc(N3CCC4(CC3)CC(Cc3c(-c5ccccc5C)noc3C3CC3)C4)ccc2n1. The molecule has 1 spiro atoms. The van der Waals surface area contributed by atoms with Crippen LogP contribution in [0.15, 0.2) is 53.1 Å². The Bertz CT molecular complexity index is 1750. The first-order valence-corrected chi connectivity index (χ1v) is 17.6. The molecule has 1 saturated heterocycles. The minimum atomic E-state index is -0.0636. The Hall–Kier alpha value is -3.87. The van der Waals surface area contributed by atoms with Crippen LogP contribution in [-0.4, -0.2) is 53.7 Å². The van der Waals surface area contributed by atoms with Crippen molar-refractivity contribution in [2.75, 3.05) is 31.6 Å². The van der Waals surface area contributed by atoms with E-state index in [2.05, 4.69) is 59.4 Å². The molecule has 4 aliphatic rings. The maximum Gasteiger partial charge on any atom is 0.272 e. The molecular formula is C39H46N4O3. The number of nitrogens with zero attached hydrogens (tertiary/aromatic N) is 4. The quantitative estimate of drug-likeness (QED) is 0.188. The number of pyridine rings is 1. The van der Waals surface area contributed by atoms with Crippen molar-refractivity contribution in [3.8, 4) is 17.0 Å². The van der Waals surface area contributed by atoms with Crippen molar-refractivity contribution in [1.82, 2.24) is 15.0 Å². The average molecular weight is 619 g/mol. The first kappa shape index (κ1) is 29.5. The smallest absolute Gasteiger partial charge is 0.272 e. The van der Waals surface area contributed by atoms with Gasteiger partial charge in [-0.1, -0.05) is 29.4 Å². The van der Waals surface area contributed by atoms with Crippen LogP contribution in [-0.2, 0) is 6.42 Å². The topological polar surface area (TPSA) is 71.7 Å². The summed E-state index contributed by atoms with van der Waals surface area (Å²) < 4.78 is 12.5. The number of ether oxygens (including phenoxy) is 1. The van der Waals surface area contributed by atoms with E-state index in [0.717, 1.165) is 60.5 Å². The van der Waals surface area contributed by atoms with Gasteiger partial charge in [0, 0.05) is 60.9 Å². The second-order valence-electron chi connectivity index (χ2n) is 14.6. The van der Waals surface area contributed by atoms with Crippen LogP contribution < -0.4 is 9.64 Å². The molecule has 7 nitrogen and oxygen atoms in total. The number of rotatable bonds is 9. The van der Waals surface area contributed by atoms with Crippen LogP contribution >= 0.6 is 0 Å². The zero-order valence-corrected chi connectivity index (χ0v) is 27.6. The minimum Gasteiger partial charge on any atom is -0.490 e. The Morgan fingerprint density at radius 1 is 1.07 bits per heavy atom. The predicted octanol–water partition coefficient (Wildman–Crippen LogP) is 8.34. The van der Waals surface area contributed by atoms with E-state index in [9.17, 15) is 4.79 Å². The van der Waals surface area contributed by atoms with Gasteiger partial charge in [-0.2, -0.15) is 0 Å². The number of amides is 1. The molecular weight excluding hydrogens is 572 g/mol. The van der Waals surface area contributed by atoms with Gasteiger partial charge >= 0.3 is 0 Å². The molecule has 4 fully saturated rings. The lowest BCUT2D eigenvalue weighted by molar-refractivity contribution is 0.0282. The summed E-state index contributed by atoms with van der Waals surface area (Å²) in [6.45, 7) is 6.93. The Labute approximate surface area is 272 Å². The summed E-state index contributed by atoms with van der Waals surface area (Å²) in [5, 5.41) is 5.64. The van der Waals surface area contributed by atoms with E-state index in [0.29, 0.717) is 29.5 Å². The van der Waals surface area contributed by atoms with Crippen molar-refractivity contribution >= 4 is 22.5 Å². The molecule has 0 bridgehead atoms. The van der Waals surface area contributed by atoms with Gasteiger partial charge in [0.2, 0.25) is 0 Å². The number of aromatic nitrogens is 2. The molecule has 46 heavy (non-hydrogen) atoms. The molecule has 2 aromatic heterocycles. The summed E-state index contributed by atoms with van der Waals surface area (Å²) in [5.74, 6) is 3.16. The summed E-state index contributed by atoms with van der Waals surface area (Å²) in [5.41, 5.74) is 7.91. The number of piperidine rings is 1. The van der Waals surface area contributed by atoms with Gasteiger partial charge in [-0.05, 0) is 113 Å². The van der Waals surface area contributed by atoms with Gasteiger partial charge in [0.15, 0.2) is 0 Å². The fourth-order valence-corrected chi connectivity index (χ4v) is 8.08. The molecule has 4 aromatic rings. The van der Waals surface area contributed by atoms with E-state index in [1.54, 1.807) is 4.90 Å². The van der Waals surface area contributed by atoms with Gasteiger partial charge < -0.3 is 19.1 Å². The lowest BCUT2D eigenvalue weighted by Crippen LogP contribution is -2.47. The largest absolute Gasteiger partial charge is 0.490 e. The predicted molar refractivity (Wildman–Crippen MR) is 182 cm³/mol. The van der Waals surface area contributed by atoms with Gasteiger partial charge in [-0.3, -0.25) is 4.79 Å². The number of carbonyl (C=O) groups is 1. The molecule has 0 unspecified atom stereocenters. The molecule has 8 rings (SSSR count). The van der Waals surface area contributed by atoms with E-state index < -0.39 is 0 Å². The second kappa shape index (κ2) is 11.7. The number of hydrogen-bond donors (Lipinski definition) is 0. The van der Waals surface area contributed by atoms with Crippen LogP contribution in [0.1, 0.15) is 98.0 Å². The van der Waals surface area contributed by atoms with Crippen molar-refractivity contribution in [2.24, 2.45) is 11.3 Å². The van der Waals surface area contributed by atoms with Crippen LogP contribution in [0.2, 0.25) is 0 Å². The van der Waals surface area contributed by atoms with Crippen molar-refractivity contribution in [3.05, 3.63) is 71.1 Å². The molecule has 240 valence electrons. The highest BCUT2D eigenvalue weighted by Crippen LogP contribution is 2.55. The molecule has 2 aromatic carbocycles. The number of carbonyl (C=O) groups excluding carboxylic acids is 1. The highest BCUT2D eigenvalue weighted by molar-refractivity contribution is 5.97. The fraction of sp³-hybridized carbons (Fsp3) is 0.513. The third-order valence-electron chi connectivity index (χ3n) is 11.4. The summed E-state index contributed by atoms with van der Waals surface area (Å²) in [4.78, 5) is 22.0. The molecule has 1 aliphatic heterocycles. The maximum atomic E-state index is 13.0. The second-order valence-corrected chi connectivity index (χ2v) is 14.6. The maximum absolute atomic E-state index is 13.0. The third kappa shape index (κ3) is 5.46. The number of benzene rings is 2. The summed E-state index contributed by atoms with van der Waals surface area (Å²) >= 11 is 0. The zero-order chi connectivity index (χ0) is 31.4. The summed E-state index contributed by atoms with van der Waals surface area (Å²) in [7, 11) is 1.82. The van der Waals surface area contributed by atoms with Crippen LogP contribution in [0, 0.1) is 18.3 Å². The normalized spacial score (nSPS) is 19.7. The van der Waals surface area contributed by atoms with E-state index in [1.165, 1.54) is 67.3 Å². The van der Waals surface area contributed by atoms with Crippen LogP contribution in [0.3, 0.4) is 0 Å². The first-order valence-electron chi connectivity index (χ1n) is 17.6. The summed E-state index contributed by atoms with van der Waals surface area (Å²) in [6.07, 6.45) is 12.2. The lowest BCUT2D eigenvalue weighted by Gasteiger charge is -2.53. The number of hydrogen-bond acceptors (Lipinski definition) is 6. The molecule has 7 heteroatoms. The Morgan fingerprint density at radius 2 is 1.85 bits per heavy atom. The van der Waals surface area contributed by atoms with Gasteiger partial charge in [-0.25, -0.2) is 4.98 Å². The number of aryl methyl sites for hydroxylation is 1. The number of anilines is 1. The van der Waals surface area contributed by atoms with Crippen molar-refractivity contribution < 1.29 is 14.1 Å². The molecule has 0 radical (unpaired) electrons. The van der Waals surface area contributed by atoms with Crippen LogP contribution in [0.25, 0.3) is 22.2 Å². The zero-order valence-electron chi connectivity index (χ0n) is 27.6. The van der Waals surface area contributed by atoms with E-state index in [1.807, 2.05) is 20.0 Å². The average Bonchev–Trinajstić information content (AvgIpc) is 3.81. The molecule has 3 saturated carbocycles. The molecule has 1 amide bonds. The fourth-order valence-electron chi connectivity index (χ4n) is 8.08. The van der Waals surface area contributed by atoms with Gasteiger partial charge in [-0.15, -0.1) is 0 Å². The highest BCUT2D eigenvalue weighted by atomic mass is 16.5. The molecule has 0 N–H and O–H groups in total. The van der Waals surface area contributed by atoms with Crippen molar-refractivity contribution in [3.63, 3.8) is 0 Å². The van der Waals surface area contributed by atoms with E-state index in [-0.39, 0.29) is 12.0 Å². The third-order valence-corrected chi connectivity index (χ3v) is 11.4. The minimum absolute atomic E-state index is 0.0636. The van der Waals surface area contributed by atoms with Crippen LogP contribution in [0.5, 0.6) is 5.75 Å². The lowest BCUT2D eigenvalue weighted by atomic mass is 9.56. The van der Waals surface area contributed by atoms with E-state index in [4.69, 9.17) is 14.2 Å². The van der Waals surface area contributed by atoms with Gasteiger partial charge in [0.05, 0.1) is 11.6 Å². The standard InChI is InChI=1S/C39H46N4O3/c1-4-42(3)38(44)34-22-35(45-29-9-7-10-29)31-21-28(14-15-33(31)40-34)43-18-16-39(17-19-43)23-26(24-39)20-32-36(30-11-6-5-8-25(30)2)41-46-37(32)27-12-13-27/h5-6,8,11,14-15,21-22,26-27,29H,4,7,9-10,12-13,16-20,23-24H2,1-3H3. The Balaban J connectivity index is 0.959. The van der Waals surface area contributed by atoms with Gasteiger partial charge in [0.1, 0.15) is 22.9 Å². The Kier molecular flexibility index (Phi) is 7.53. The Morgan fingerprint density at radius 3 is 2.54 bits per heavy atom. The first-order chi connectivity index (χ1) is 22.4. The van der Waals surface area contributed by atoms with Crippen LogP contribution in [0.4, 0.5) is 5.69 Å². The molecule has 3 heterocycles. The van der Waals surface area contributed by atoms with Crippen molar-refractivity contribution in [1.29, 1.82) is 0 Å². The van der Waals surface area contributed by atoms with E-state index >= 15 is 0 Å². The molecule has 0 atom stereocenters. The van der Waals surface area contributed by atoms with Crippen molar-refractivity contribution in [2.45, 2.75) is 90.1 Å². The van der Waals surface area contributed by atoms with Gasteiger partial charge in [0.25, 0.3) is 5.91 Å².